The van der Waals surface area contributed by atoms with Crippen molar-refractivity contribution in [3.63, 3.8) is 0 Å². The predicted octanol–water partition coefficient (Wildman–Crippen LogP) is 3.77. The Morgan fingerprint density at radius 3 is 2.76 bits per heavy atom. The van der Waals surface area contributed by atoms with Crippen molar-refractivity contribution in [3.8, 4) is 11.4 Å². The summed E-state index contributed by atoms with van der Waals surface area (Å²) in [7, 11) is 0. The number of aryl methyl sites for hydroxylation is 2. The molecule has 0 bridgehead atoms. The monoisotopic (exact) mass is 338 g/mol. The first-order valence-electron chi connectivity index (χ1n) is 8.28. The van der Waals surface area contributed by atoms with Crippen LogP contribution < -0.4 is 10.9 Å². The van der Waals surface area contributed by atoms with Crippen molar-refractivity contribution in [1.82, 2.24) is 21.0 Å². The average Bonchev–Trinajstić information content (AvgIpc) is 3.26. The van der Waals surface area contributed by atoms with Gasteiger partial charge in [0.2, 0.25) is 11.7 Å². The van der Waals surface area contributed by atoms with Crippen molar-refractivity contribution in [2.45, 2.75) is 32.4 Å². The SMILES string of the molecule is Cc1ccc(C)c(C2CC(c3nc(-c4cccc(F)c4)no3)NN2)c1. The second-order valence-corrected chi connectivity index (χ2v) is 6.46. The highest BCUT2D eigenvalue weighted by Gasteiger charge is 2.31. The van der Waals surface area contributed by atoms with E-state index in [1.165, 1.54) is 28.8 Å². The van der Waals surface area contributed by atoms with E-state index in [9.17, 15) is 4.39 Å². The first kappa shape index (κ1) is 15.9. The predicted molar refractivity (Wildman–Crippen MR) is 92.0 cm³/mol. The molecule has 0 spiro atoms. The van der Waals surface area contributed by atoms with Gasteiger partial charge in [-0.25, -0.2) is 15.2 Å². The van der Waals surface area contributed by atoms with E-state index in [1.807, 2.05) is 0 Å². The Morgan fingerprint density at radius 2 is 1.92 bits per heavy atom. The molecule has 0 amide bonds. The zero-order valence-electron chi connectivity index (χ0n) is 14.1. The van der Waals surface area contributed by atoms with Crippen molar-refractivity contribution in [3.05, 3.63) is 70.9 Å². The number of hydrogen-bond acceptors (Lipinski definition) is 5. The van der Waals surface area contributed by atoms with Gasteiger partial charge in [-0.1, -0.05) is 41.1 Å². The van der Waals surface area contributed by atoms with Gasteiger partial charge >= 0.3 is 0 Å². The van der Waals surface area contributed by atoms with Gasteiger partial charge in [0.15, 0.2) is 0 Å². The maximum absolute atomic E-state index is 13.4. The number of nitrogens with one attached hydrogen (secondary N) is 2. The lowest BCUT2D eigenvalue weighted by Gasteiger charge is -2.13. The van der Waals surface area contributed by atoms with Crippen LogP contribution in [0.15, 0.2) is 47.0 Å². The lowest BCUT2D eigenvalue weighted by molar-refractivity contribution is 0.340. The Hall–Kier alpha value is -2.57. The molecule has 1 saturated heterocycles. The summed E-state index contributed by atoms with van der Waals surface area (Å²) < 4.78 is 18.8. The number of hydrogen-bond donors (Lipinski definition) is 2. The van der Waals surface area contributed by atoms with Crippen LogP contribution in [0, 0.1) is 19.7 Å². The summed E-state index contributed by atoms with van der Waals surface area (Å²) in [5, 5.41) is 3.98. The third-order valence-corrected chi connectivity index (χ3v) is 4.54. The average molecular weight is 338 g/mol. The Bertz CT molecular complexity index is 908. The summed E-state index contributed by atoms with van der Waals surface area (Å²) in [6, 6.07) is 12.7. The Balaban J connectivity index is 1.54. The third-order valence-electron chi connectivity index (χ3n) is 4.54. The molecule has 2 atom stereocenters. The van der Waals surface area contributed by atoms with E-state index in [-0.39, 0.29) is 17.9 Å². The summed E-state index contributed by atoms with van der Waals surface area (Å²) in [5.41, 5.74) is 10.9. The molecule has 25 heavy (non-hydrogen) atoms. The second-order valence-electron chi connectivity index (χ2n) is 6.46. The molecule has 128 valence electrons. The van der Waals surface area contributed by atoms with Gasteiger partial charge in [0.25, 0.3) is 0 Å². The number of aromatic nitrogens is 2. The summed E-state index contributed by atoms with van der Waals surface area (Å²) >= 11 is 0. The molecule has 1 aliphatic rings. The molecule has 6 heteroatoms. The fourth-order valence-corrected chi connectivity index (χ4v) is 3.18. The van der Waals surface area contributed by atoms with Crippen molar-refractivity contribution in [1.29, 1.82) is 0 Å². The summed E-state index contributed by atoms with van der Waals surface area (Å²) in [5.74, 6) is 0.575. The van der Waals surface area contributed by atoms with Gasteiger partial charge in [0, 0.05) is 11.6 Å². The van der Waals surface area contributed by atoms with Crippen LogP contribution in [-0.4, -0.2) is 10.1 Å². The quantitative estimate of drug-likeness (QED) is 0.761. The van der Waals surface area contributed by atoms with Crippen molar-refractivity contribution in [2.75, 3.05) is 0 Å². The molecular formula is C19H19FN4O. The van der Waals surface area contributed by atoms with Crippen LogP contribution >= 0.6 is 0 Å². The number of nitrogens with zero attached hydrogens (tertiary/aromatic N) is 2. The van der Waals surface area contributed by atoms with Gasteiger partial charge in [-0.3, -0.25) is 0 Å². The maximum Gasteiger partial charge on any atom is 0.245 e. The van der Waals surface area contributed by atoms with E-state index in [1.54, 1.807) is 12.1 Å². The standard InChI is InChI=1S/C19H19FN4O/c1-11-6-7-12(2)15(8-11)16-10-17(23-22-16)19-21-18(24-25-19)13-4-3-5-14(20)9-13/h3-9,16-17,22-23H,10H2,1-2H3. The molecule has 0 radical (unpaired) electrons. The molecule has 1 aliphatic heterocycles. The maximum atomic E-state index is 13.4. The van der Waals surface area contributed by atoms with Gasteiger partial charge in [-0.2, -0.15) is 4.98 Å². The van der Waals surface area contributed by atoms with Gasteiger partial charge in [-0.15, -0.1) is 0 Å². The summed E-state index contributed by atoms with van der Waals surface area (Å²) in [6.07, 6.45) is 0.801. The van der Waals surface area contributed by atoms with Crippen LogP contribution in [0.3, 0.4) is 0 Å². The van der Waals surface area contributed by atoms with Gasteiger partial charge in [0.05, 0.1) is 0 Å². The molecule has 2 heterocycles. The van der Waals surface area contributed by atoms with Crippen LogP contribution in [-0.2, 0) is 0 Å². The number of hydrazine groups is 1. The van der Waals surface area contributed by atoms with E-state index in [2.05, 4.69) is 53.0 Å². The third kappa shape index (κ3) is 3.18. The van der Waals surface area contributed by atoms with Crippen molar-refractivity contribution in [2.24, 2.45) is 0 Å². The highest BCUT2D eigenvalue weighted by atomic mass is 19.1. The molecule has 3 aromatic rings. The molecule has 0 aliphatic carbocycles. The first-order valence-corrected chi connectivity index (χ1v) is 8.28. The van der Waals surface area contributed by atoms with E-state index in [0.717, 1.165) is 6.42 Å². The van der Waals surface area contributed by atoms with Crippen molar-refractivity contribution >= 4 is 0 Å². The Morgan fingerprint density at radius 1 is 1.08 bits per heavy atom. The number of benzene rings is 2. The molecule has 0 saturated carbocycles. The smallest absolute Gasteiger partial charge is 0.245 e. The minimum Gasteiger partial charge on any atom is -0.337 e. The van der Waals surface area contributed by atoms with E-state index >= 15 is 0 Å². The lowest BCUT2D eigenvalue weighted by atomic mass is 9.96. The molecule has 2 unspecified atom stereocenters. The molecule has 1 aromatic heterocycles. The second kappa shape index (κ2) is 6.38. The largest absolute Gasteiger partial charge is 0.337 e. The van der Waals surface area contributed by atoms with Crippen LogP contribution in [0.2, 0.25) is 0 Å². The number of halogens is 1. The van der Waals surface area contributed by atoms with Gasteiger partial charge in [-0.05, 0) is 43.5 Å². The van der Waals surface area contributed by atoms with Crippen LogP contribution in [0.4, 0.5) is 4.39 Å². The molecule has 1 fully saturated rings. The highest BCUT2D eigenvalue weighted by Crippen LogP contribution is 2.32. The van der Waals surface area contributed by atoms with Crippen LogP contribution in [0.1, 0.15) is 41.1 Å². The normalized spacial score (nSPS) is 20.1. The lowest BCUT2D eigenvalue weighted by Crippen LogP contribution is -2.27. The molecule has 2 N–H and O–H groups in total. The molecule has 2 aromatic carbocycles. The van der Waals surface area contributed by atoms with Crippen LogP contribution in [0.5, 0.6) is 0 Å². The van der Waals surface area contributed by atoms with Crippen molar-refractivity contribution < 1.29 is 8.91 Å². The first-order chi connectivity index (χ1) is 12.1. The van der Waals surface area contributed by atoms with Gasteiger partial charge < -0.3 is 4.52 Å². The summed E-state index contributed by atoms with van der Waals surface area (Å²) in [6.45, 7) is 4.20. The van der Waals surface area contributed by atoms with E-state index in [0.29, 0.717) is 17.3 Å². The molecule has 5 nitrogen and oxygen atoms in total. The zero-order chi connectivity index (χ0) is 17.4. The minimum atomic E-state index is -0.320. The molecule has 4 rings (SSSR count). The van der Waals surface area contributed by atoms with Crippen LogP contribution in [0.25, 0.3) is 11.4 Å². The topological polar surface area (TPSA) is 63.0 Å². The van der Waals surface area contributed by atoms with E-state index < -0.39 is 0 Å². The highest BCUT2D eigenvalue weighted by molar-refractivity contribution is 5.53. The summed E-state index contributed by atoms with van der Waals surface area (Å²) in [4.78, 5) is 4.42. The Kier molecular flexibility index (Phi) is 4.07. The van der Waals surface area contributed by atoms with E-state index in [4.69, 9.17) is 4.52 Å². The number of rotatable bonds is 3. The fraction of sp³-hybridized carbons (Fsp3) is 0.263. The zero-order valence-corrected chi connectivity index (χ0v) is 14.1. The minimum absolute atomic E-state index is 0.0836. The molecular weight excluding hydrogens is 319 g/mol. The Labute approximate surface area is 145 Å². The fourth-order valence-electron chi connectivity index (χ4n) is 3.18. The van der Waals surface area contributed by atoms with Gasteiger partial charge in [0.1, 0.15) is 11.9 Å².